The minimum absolute atomic E-state index is 0.0409. The number of rotatable bonds is 3. The fourth-order valence-corrected chi connectivity index (χ4v) is 1.86. The third-order valence-corrected chi connectivity index (χ3v) is 2.94. The Hall–Kier alpha value is -1.30. The van der Waals surface area contributed by atoms with Crippen LogP contribution >= 0.6 is 0 Å². The van der Waals surface area contributed by atoms with Crippen LogP contribution in [-0.4, -0.2) is 46.7 Å². The lowest BCUT2D eigenvalue weighted by molar-refractivity contribution is -0.138. The topological polar surface area (TPSA) is 95.7 Å². The zero-order valence-corrected chi connectivity index (χ0v) is 9.69. The Labute approximate surface area is 94.8 Å². The quantitative estimate of drug-likeness (QED) is 0.634. The highest BCUT2D eigenvalue weighted by Crippen LogP contribution is 2.27. The fraction of sp³-hybridized carbons (Fsp3) is 0.800. The number of amides is 2. The molecule has 1 fully saturated rings. The number of hydrogen-bond acceptors (Lipinski definition) is 3. The molecule has 0 unspecified atom stereocenters. The summed E-state index contributed by atoms with van der Waals surface area (Å²) in [6.07, 6.45) is 1.94. The average molecular weight is 229 g/mol. The number of nitrogens with two attached hydrogens (primary N) is 1. The van der Waals surface area contributed by atoms with Crippen molar-refractivity contribution in [1.29, 1.82) is 0 Å². The summed E-state index contributed by atoms with van der Waals surface area (Å²) in [7, 11) is 0. The van der Waals surface area contributed by atoms with Gasteiger partial charge in [0.05, 0.1) is 0 Å². The van der Waals surface area contributed by atoms with E-state index in [-0.39, 0.29) is 18.1 Å². The number of urea groups is 1. The highest BCUT2D eigenvalue weighted by molar-refractivity contribution is 5.78. The molecule has 1 atom stereocenters. The van der Waals surface area contributed by atoms with E-state index >= 15 is 0 Å². The summed E-state index contributed by atoms with van der Waals surface area (Å²) < 4.78 is 0. The molecule has 6 nitrogen and oxygen atoms in total. The highest BCUT2D eigenvalue weighted by atomic mass is 16.4. The van der Waals surface area contributed by atoms with Gasteiger partial charge in [-0.1, -0.05) is 0 Å². The number of carbonyl (C=O) groups is 2. The van der Waals surface area contributed by atoms with Gasteiger partial charge in [0, 0.05) is 18.6 Å². The van der Waals surface area contributed by atoms with E-state index in [9.17, 15) is 9.59 Å². The molecule has 4 N–H and O–H groups in total. The molecule has 0 aromatic heterocycles. The van der Waals surface area contributed by atoms with Crippen LogP contribution in [0.3, 0.4) is 0 Å². The summed E-state index contributed by atoms with van der Waals surface area (Å²) in [5.41, 5.74) is 5.14. The Kier molecular flexibility index (Phi) is 3.74. The third-order valence-electron chi connectivity index (χ3n) is 2.94. The number of aliphatic carboxylic acids is 1. The first-order chi connectivity index (χ1) is 7.34. The molecule has 0 aromatic carbocycles. The van der Waals surface area contributed by atoms with E-state index in [1.54, 1.807) is 4.90 Å². The molecule has 0 saturated carbocycles. The van der Waals surface area contributed by atoms with Crippen molar-refractivity contribution in [2.45, 2.75) is 38.3 Å². The lowest BCUT2D eigenvalue weighted by atomic mass is 10.0. The van der Waals surface area contributed by atoms with Crippen LogP contribution in [0, 0.1) is 0 Å². The maximum Gasteiger partial charge on any atom is 0.322 e. The molecule has 0 radical (unpaired) electrons. The molecule has 0 aliphatic carbocycles. The summed E-state index contributed by atoms with van der Waals surface area (Å²) in [6, 6.07) is -1.28. The van der Waals surface area contributed by atoms with Gasteiger partial charge in [-0.25, -0.2) is 4.79 Å². The van der Waals surface area contributed by atoms with Crippen molar-refractivity contribution in [2.24, 2.45) is 5.73 Å². The van der Waals surface area contributed by atoms with Gasteiger partial charge in [0.15, 0.2) is 0 Å². The molecule has 0 spiro atoms. The Morgan fingerprint density at radius 2 is 2.19 bits per heavy atom. The maximum absolute atomic E-state index is 11.8. The van der Waals surface area contributed by atoms with Gasteiger partial charge >= 0.3 is 12.0 Å². The standard InChI is InChI=1S/C10H19N3O3/c1-10(2)4-3-5-13(10)9(16)12-6-7(11)8(14)15/h7H,3-6,11H2,1-2H3,(H,12,16)(H,14,15)/t7-/m0/s1. The summed E-state index contributed by atoms with van der Waals surface area (Å²) in [5.74, 6) is -1.11. The molecular weight excluding hydrogens is 210 g/mol. The van der Waals surface area contributed by atoms with E-state index < -0.39 is 12.0 Å². The van der Waals surface area contributed by atoms with E-state index in [4.69, 9.17) is 10.8 Å². The molecule has 1 aliphatic rings. The second-order valence-electron chi connectivity index (χ2n) is 4.70. The van der Waals surface area contributed by atoms with Gasteiger partial charge in [-0.15, -0.1) is 0 Å². The monoisotopic (exact) mass is 229 g/mol. The van der Waals surface area contributed by atoms with Crippen molar-refractivity contribution < 1.29 is 14.7 Å². The van der Waals surface area contributed by atoms with Gasteiger partial charge < -0.3 is 21.1 Å². The van der Waals surface area contributed by atoms with E-state index in [1.165, 1.54) is 0 Å². The molecule has 6 heteroatoms. The predicted molar refractivity (Wildman–Crippen MR) is 59.0 cm³/mol. The molecule has 16 heavy (non-hydrogen) atoms. The van der Waals surface area contributed by atoms with Crippen LogP contribution in [-0.2, 0) is 4.79 Å². The van der Waals surface area contributed by atoms with Crippen LogP contribution in [0.25, 0.3) is 0 Å². The van der Waals surface area contributed by atoms with Crippen LogP contribution < -0.4 is 11.1 Å². The molecular formula is C10H19N3O3. The largest absolute Gasteiger partial charge is 0.480 e. The lowest BCUT2D eigenvalue weighted by Gasteiger charge is -2.31. The lowest BCUT2D eigenvalue weighted by Crippen LogP contribution is -2.51. The summed E-state index contributed by atoms with van der Waals surface area (Å²) in [5, 5.41) is 11.1. The number of nitrogens with one attached hydrogen (secondary N) is 1. The number of carbonyl (C=O) groups excluding carboxylic acids is 1. The summed E-state index contributed by atoms with van der Waals surface area (Å²) in [4.78, 5) is 23.9. The Morgan fingerprint density at radius 1 is 1.56 bits per heavy atom. The van der Waals surface area contributed by atoms with Crippen molar-refractivity contribution in [3.8, 4) is 0 Å². The number of nitrogens with zero attached hydrogens (tertiary/aromatic N) is 1. The SMILES string of the molecule is CC1(C)CCCN1C(=O)NC[C@H](N)C(=O)O. The third kappa shape index (κ3) is 2.85. The van der Waals surface area contributed by atoms with Crippen LogP contribution in [0.2, 0.25) is 0 Å². The normalized spacial score (nSPS) is 20.6. The van der Waals surface area contributed by atoms with E-state index in [2.05, 4.69) is 5.32 Å². The van der Waals surface area contributed by atoms with Crippen molar-refractivity contribution in [2.75, 3.05) is 13.1 Å². The molecule has 1 aliphatic heterocycles. The molecule has 2 amide bonds. The maximum atomic E-state index is 11.8. The first-order valence-corrected chi connectivity index (χ1v) is 5.38. The van der Waals surface area contributed by atoms with Gasteiger partial charge in [-0.3, -0.25) is 4.79 Å². The second kappa shape index (κ2) is 4.69. The average Bonchev–Trinajstić information content (AvgIpc) is 2.53. The van der Waals surface area contributed by atoms with E-state index in [0.29, 0.717) is 6.54 Å². The van der Waals surface area contributed by atoms with Gasteiger partial charge in [0.25, 0.3) is 0 Å². The van der Waals surface area contributed by atoms with Gasteiger partial charge in [-0.2, -0.15) is 0 Å². The number of carboxylic acids is 1. The van der Waals surface area contributed by atoms with Crippen LogP contribution in [0.4, 0.5) is 4.79 Å². The minimum atomic E-state index is -1.11. The van der Waals surface area contributed by atoms with Crippen LogP contribution in [0.1, 0.15) is 26.7 Å². The number of likely N-dealkylation sites (tertiary alicyclic amines) is 1. The van der Waals surface area contributed by atoms with Gasteiger partial charge in [-0.05, 0) is 26.7 Å². The van der Waals surface area contributed by atoms with Crippen molar-refractivity contribution in [1.82, 2.24) is 10.2 Å². The molecule has 0 aromatic rings. The van der Waals surface area contributed by atoms with Gasteiger partial charge in [0.2, 0.25) is 0 Å². The second-order valence-corrected chi connectivity index (χ2v) is 4.70. The molecule has 1 rings (SSSR count). The summed E-state index contributed by atoms with van der Waals surface area (Å²) >= 11 is 0. The Bertz CT molecular complexity index is 291. The van der Waals surface area contributed by atoms with Crippen LogP contribution in [0.15, 0.2) is 0 Å². The first-order valence-electron chi connectivity index (χ1n) is 5.38. The van der Waals surface area contributed by atoms with Crippen molar-refractivity contribution >= 4 is 12.0 Å². The molecule has 92 valence electrons. The first kappa shape index (κ1) is 12.8. The van der Waals surface area contributed by atoms with Crippen molar-refractivity contribution in [3.05, 3.63) is 0 Å². The zero-order valence-electron chi connectivity index (χ0n) is 9.69. The zero-order chi connectivity index (χ0) is 12.3. The molecule has 1 saturated heterocycles. The predicted octanol–water partition coefficient (Wildman–Crippen LogP) is -0.0177. The Balaban J connectivity index is 2.44. The smallest absolute Gasteiger partial charge is 0.322 e. The molecule has 0 bridgehead atoms. The van der Waals surface area contributed by atoms with E-state index in [0.717, 1.165) is 12.8 Å². The van der Waals surface area contributed by atoms with E-state index in [1.807, 2.05) is 13.8 Å². The molecule has 1 heterocycles. The van der Waals surface area contributed by atoms with Crippen LogP contribution in [0.5, 0.6) is 0 Å². The highest BCUT2D eigenvalue weighted by Gasteiger charge is 2.35. The minimum Gasteiger partial charge on any atom is -0.480 e. The summed E-state index contributed by atoms with van der Waals surface area (Å²) in [6.45, 7) is 4.66. The Morgan fingerprint density at radius 3 is 2.62 bits per heavy atom. The number of hydrogen-bond donors (Lipinski definition) is 3. The van der Waals surface area contributed by atoms with Crippen molar-refractivity contribution in [3.63, 3.8) is 0 Å². The van der Waals surface area contributed by atoms with Gasteiger partial charge in [0.1, 0.15) is 6.04 Å². The fourth-order valence-electron chi connectivity index (χ4n) is 1.86. The number of carboxylic acid groups (broad SMARTS) is 1.